The van der Waals surface area contributed by atoms with E-state index < -0.39 is 0 Å². The molecule has 88 valence electrons. The average Bonchev–Trinajstić information content (AvgIpc) is 2.80. The summed E-state index contributed by atoms with van der Waals surface area (Å²) in [5, 5.41) is 10.0. The van der Waals surface area contributed by atoms with Crippen LogP contribution in [0.15, 0.2) is 28.7 Å². The fourth-order valence-corrected chi connectivity index (χ4v) is 2.33. The van der Waals surface area contributed by atoms with Crippen LogP contribution in [-0.2, 0) is 4.74 Å². The van der Waals surface area contributed by atoms with E-state index in [2.05, 4.69) is 15.9 Å². The fraction of sp³-hybridized carbons (Fsp3) is 0.538. The molecule has 0 spiro atoms. The van der Waals surface area contributed by atoms with Crippen LogP contribution in [0.25, 0.3) is 0 Å². The Morgan fingerprint density at radius 1 is 1.38 bits per heavy atom. The molecular formula is C13H17BrO2. The predicted molar refractivity (Wildman–Crippen MR) is 67.3 cm³/mol. The molecule has 2 atom stereocenters. The third-order valence-electron chi connectivity index (χ3n) is 3.04. The molecule has 3 heteroatoms. The highest BCUT2D eigenvalue weighted by molar-refractivity contribution is 9.10. The Kier molecular flexibility index (Phi) is 4.38. The molecule has 1 heterocycles. The van der Waals surface area contributed by atoms with E-state index in [-0.39, 0.29) is 6.10 Å². The zero-order valence-corrected chi connectivity index (χ0v) is 10.8. The fourth-order valence-electron chi connectivity index (χ4n) is 2.07. The second-order valence-electron chi connectivity index (χ2n) is 4.28. The summed E-state index contributed by atoms with van der Waals surface area (Å²) in [5.41, 5.74) is 0.987. The summed E-state index contributed by atoms with van der Waals surface area (Å²) in [6.45, 7) is 0.888. The largest absolute Gasteiger partial charge is 0.388 e. The predicted octanol–water partition coefficient (Wildman–Crippen LogP) is 3.44. The van der Waals surface area contributed by atoms with Crippen molar-refractivity contribution in [2.24, 2.45) is 0 Å². The van der Waals surface area contributed by atoms with Crippen LogP contribution >= 0.6 is 15.9 Å². The second kappa shape index (κ2) is 5.80. The normalized spacial score (nSPS) is 22.2. The maximum absolute atomic E-state index is 10.0. The van der Waals surface area contributed by atoms with Crippen LogP contribution in [0.1, 0.15) is 37.4 Å². The van der Waals surface area contributed by atoms with Gasteiger partial charge in [-0.3, -0.25) is 0 Å². The van der Waals surface area contributed by atoms with Crippen molar-refractivity contribution in [3.63, 3.8) is 0 Å². The number of rotatable bonds is 4. The van der Waals surface area contributed by atoms with Crippen LogP contribution in [-0.4, -0.2) is 17.8 Å². The molecular weight excluding hydrogens is 268 g/mol. The van der Waals surface area contributed by atoms with Gasteiger partial charge in [-0.25, -0.2) is 0 Å². The molecule has 0 aromatic heterocycles. The first-order chi connectivity index (χ1) is 7.75. The highest BCUT2D eigenvalue weighted by atomic mass is 79.9. The Labute approximate surface area is 105 Å². The minimum atomic E-state index is -0.364. The molecule has 2 nitrogen and oxygen atoms in total. The molecule has 1 aromatic rings. The van der Waals surface area contributed by atoms with Crippen molar-refractivity contribution >= 4 is 15.9 Å². The lowest BCUT2D eigenvalue weighted by Gasteiger charge is -2.14. The van der Waals surface area contributed by atoms with Crippen molar-refractivity contribution in [1.82, 2.24) is 0 Å². The first kappa shape index (κ1) is 12.1. The molecule has 1 aliphatic heterocycles. The van der Waals surface area contributed by atoms with Gasteiger partial charge in [0.1, 0.15) is 0 Å². The van der Waals surface area contributed by atoms with Crippen LogP contribution in [0.2, 0.25) is 0 Å². The summed E-state index contributed by atoms with van der Waals surface area (Å²) in [6, 6.07) is 7.85. The Morgan fingerprint density at radius 3 is 2.75 bits per heavy atom. The van der Waals surface area contributed by atoms with Gasteiger partial charge < -0.3 is 9.84 Å². The SMILES string of the molecule is OC(CCC1CCCO1)c1ccc(Br)cc1. The van der Waals surface area contributed by atoms with E-state index >= 15 is 0 Å². The molecule has 16 heavy (non-hydrogen) atoms. The first-order valence-corrected chi connectivity index (χ1v) is 6.60. The Hall–Kier alpha value is -0.380. The van der Waals surface area contributed by atoms with Crippen LogP contribution in [0.5, 0.6) is 0 Å². The molecule has 1 N–H and O–H groups in total. The van der Waals surface area contributed by atoms with E-state index in [1.807, 2.05) is 24.3 Å². The molecule has 1 aromatic carbocycles. The number of hydrogen-bond acceptors (Lipinski definition) is 2. The Balaban J connectivity index is 1.82. The number of aliphatic hydroxyl groups is 1. The summed E-state index contributed by atoms with van der Waals surface area (Å²) < 4.78 is 6.58. The summed E-state index contributed by atoms with van der Waals surface area (Å²) in [4.78, 5) is 0. The van der Waals surface area contributed by atoms with E-state index in [1.165, 1.54) is 6.42 Å². The maximum Gasteiger partial charge on any atom is 0.0791 e. The van der Waals surface area contributed by atoms with Crippen LogP contribution in [0.4, 0.5) is 0 Å². The van der Waals surface area contributed by atoms with Crippen LogP contribution in [0.3, 0.4) is 0 Å². The van der Waals surface area contributed by atoms with Gasteiger partial charge in [0.25, 0.3) is 0 Å². The van der Waals surface area contributed by atoms with E-state index in [0.717, 1.165) is 35.9 Å². The summed E-state index contributed by atoms with van der Waals surface area (Å²) in [5.74, 6) is 0. The number of halogens is 1. The molecule has 1 aliphatic rings. The third kappa shape index (κ3) is 3.30. The molecule has 1 saturated heterocycles. The van der Waals surface area contributed by atoms with Crippen molar-refractivity contribution < 1.29 is 9.84 Å². The molecule has 0 radical (unpaired) electrons. The van der Waals surface area contributed by atoms with Crippen molar-refractivity contribution in [2.75, 3.05) is 6.61 Å². The molecule has 0 aliphatic carbocycles. The molecule has 2 unspecified atom stereocenters. The van der Waals surface area contributed by atoms with E-state index in [9.17, 15) is 5.11 Å². The van der Waals surface area contributed by atoms with Crippen LogP contribution in [0, 0.1) is 0 Å². The van der Waals surface area contributed by atoms with Gasteiger partial charge in [0, 0.05) is 11.1 Å². The molecule has 0 amide bonds. The summed E-state index contributed by atoms with van der Waals surface area (Å²) in [7, 11) is 0. The zero-order chi connectivity index (χ0) is 11.4. The average molecular weight is 285 g/mol. The van der Waals surface area contributed by atoms with E-state index in [1.54, 1.807) is 0 Å². The number of aliphatic hydroxyl groups excluding tert-OH is 1. The standard InChI is InChI=1S/C13H17BrO2/c14-11-5-3-10(4-6-11)13(15)8-7-12-2-1-9-16-12/h3-6,12-13,15H,1-2,7-9H2. The van der Waals surface area contributed by atoms with Crippen LogP contribution < -0.4 is 0 Å². The van der Waals surface area contributed by atoms with Crippen molar-refractivity contribution in [3.8, 4) is 0 Å². The number of hydrogen-bond donors (Lipinski definition) is 1. The summed E-state index contributed by atoms with van der Waals surface area (Å²) in [6.07, 6.45) is 4.05. The van der Waals surface area contributed by atoms with Gasteiger partial charge in [-0.15, -0.1) is 0 Å². The Morgan fingerprint density at radius 2 is 2.12 bits per heavy atom. The highest BCUT2D eigenvalue weighted by Crippen LogP contribution is 2.24. The van der Waals surface area contributed by atoms with Gasteiger partial charge in [0.15, 0.2) is 0 Å². The lowest BCUT2D eigenvalue weighted by molar-refractivity contribution is 0.0812. The van der Waals surface area contributed by atoms with Gasteiger partial charge in [-0.05, 0) is 43.4 Å². The highest BCUT2D eigenvalue weighted by Gasteiger charge is 2.17. The monoisotopic (exact) mass is 284 g/mol. The summed E-state index contributed by atoms with van der Waals surface area (Å²) >= 11 is 3.39. The topological polar surface area (TPSA) is 29.5 Å². The number of benzene rings is 1. The van der Waals surface area contributed by atoms with Gasteiger partial charge in [-0.2, -0.15) is 0 Å². The van der Waals surface area contributed by atoms with Crippen molar-refractivity contribution in [1.29, 1.82) is 0 Å². The molecule has 2 rings (SSSR count). The lowest BCUT2D eigenvalue weighted by atomic mass is 10.0. The molecule has 1 fully saturated rings. The second-order valence-corrected chi connectivity index (χ2v) is 5.20. The maximum atomic E-state index is 10.0. The van der Waals surface area contributed by atoms with E-state index in [4.69, 9.17) is 4.74 Å². The Bertz CT molecular complexity index is 317. The van der Waals surface area contributed by atoms with Gasteiger partial charge in [0.2, 0.25) is 0 Å². The number of ether oxygens (including phenoxy) is 1. The first-order valence-electron chi connectivity index (χ1n) is 5.81. The quantitative estimate of drug-likeness (QED) is 0.918. The zero-order valence-electron chi connectivity index (χ0n) is 9.23. The minimum Gasteiger partial charge on any atom is -0.388 e. The lowest BCUT2D eigenvalue weighted by Crippen LogP contribution is -2.07. The molecule has 0 saturated carbocycles. The molecule has 0 bridgehead atoms. The van der Waals surface area contributed by atoms with E-state index in [0.29, 0.717) is 6.10 Å². The van der Waals surface area contributed by atoms with Gasteiger partial charge in [0.05, 0.1) is 12.2 Å². The van der Waals surface area contributed by atoms with Crippen molar-refractivity contribution in [2.45, 2.75) is 37.9 Å². The van der Waals surface area contributed by atoms with Crippen molar-refractivity contribution in [3.05, 3.63) is 34.3 Å². The van der Waals surface area contributed by atoms with Gasteiger partial charge in [-0.1, -0.05) is 28.1 Å². The minimum absolute atomic E-state index is 0.364. The smallest absolute Gasteiger partial charge is 0.0791 e. The third-order valence-corrected chi connectivity index (χ3v) is 3.57. The van der Waals surface area contributed by atoms with Gasteiger partial charge >= 0.3 is 0 Å².